The molecule has 3 aromatic rings. The number of benzene rings is 1. The zero-order valence-corrected chi connectivity index (χ0v) is 12.8. The Morgan fingerprint density at radius 3 is 2.96 bits per heavy atom. The summed E-state index contributed by atoms with van der Waals surface area (Å²) in [6.07, 6.45) is 7.97. The standard InChI is InChI=1S/C18H18N4O/c1-2-4-16-15(3-1)17(5-7-20-16)22-10-6-14(12-22)13-23-18-11-19-8-9-21-18/h1-5,7-9,11,14H,6,10,12-13H2. The van der Waals surface area contributed by atoms with E-state index >= 15 is 0 Å². The van der Waals surface area contributed by atoms with Gasteiger partial charge in [-0.05, 0) is 18.6 Å². The van der Waals surface area contributed by atoms with Crippen molar-refractivity contribution in [2.75, 3.05) is 24.6 Å². The lowest BCUT2D eigenvalue weighted by Gasteiger charge is -2.20. The lowest BCUT2D eigenvalue weighted by molar-refractivity contribution is 0.251. The van der Waals surface area contributed by atoms with Gasteiger partial charge in [-0.2, -0.15) is 0 Å². The molecule has 0 aliphatic carbocycles. The second-order valence-corrected chi connectivity index (χ2v) is 5.80. The Morgan fingerprint density at radius 1 is 1.09 bits per heavy atom. The van der Waals surface area contributed by atoms with E-state index in [1.807, 2.05) is 12.3 Å². The number of hydrogen-bond acceptors (Lipinski definition) is 5. The Bertz CT molecular complexity index is 788. The number of fused-ring (bicyclic) bond motifs is 1. The summed E-state index contributed by atoms with van der Waals surface area (Å²) in [5, 5.41) is 1.21. The first-order chi connectivity index (χ1) is 11.4. The molecular formula is C18H18N4O. The Morgan fingerprint density at radius 2 is 2.04 bits per heavy atom. The van der Waals surface area contributed by atoms with Crippen LogP contribution in [0.5, 0.6) is 5.88 Å². The van der Waals surface area contributed by atoms with Gasteiger partial charge in [0.15, 0.2) is 0 Å². The van der Waals surface area contributed by atoms with Crippen LogP contribution in [-0.4, -0.2) is 34.6 Å². The predicted molar refractivity (Wildman–Crippen MR) is 89.6 cm³/mol. The number of hydrogen-bond donors (Lipinski definition) is 0. The van der Waals surface area contributed by atoms with Gasteiger partial charge in [0.25, 0.3) is 0 Å². The van der Waals surface area contributed by atoms with Crippen molar-refractivity contribution in [3.8, 4) is 5.88 Å². The maximum absolute atomic E-state index is 5.75. The molecule has 1 atom stereocenters. The van der Waals surface area contributed by atoms with Crippen LogP contribution in [0.15, 0.2) is 55.1 Å². The summed E-state index contributed by atoms with van der Waals surface area (Å²) >= 11 is 0. The van der Waals surface area contributed by atoms with Crippen molar-refractivity contribution < 1.29 is 4.74 Å². The van der Waals surface area contributed by atoms with Crippen molar-refractivity contribution in [3.05, 3.63) is 55.1 Å². The topological polar surface area (TPSA) is 51.1 Å². The molecular weight excluding hydrogens is 288 g/mol. The first-order valence-corrected chi connectivity index (χ1v) is 7.87. The zero-order valence-electron chi connectivity index (χ0n) is 12.8. The Hall–Kier alpha value is -2.69. The molecule has 1 aliphatic rings. The largest absolute Gasteiger partial charge is 0.476 e. The number of rotatable bonds is 4. The summed E-state index contributed by atoms with van der Waals surface area (Å²) in [5.41, 5.74) is 2.31. The Balaban J connectivity index is 1.45. The molecule has 0 radical (unpaired) electrons. The second kappa shape index (κ2) is 6.20. The van der Waals surface area contributed by atoms with E-state index < -0.39 is 0 Å². The molecule has 5 nitrogen and oxygen atoms in total. The second-order valence-electron chi connectivity index (χ2n) is 5.80. The molecule has 5 heteroatoms. The smallest absolute Gasteiger partial charge is 0.232 e. The normalized spacial score (nSPS) is 17.6. The van der Waals surface area contributed by atoms with Crippen molar-refractivity contribution in [2.24, 2.45) is 5.92 Å². The molecule has 0 N–H and O–H groups in total. The van der Waals surface area contributed by atoms with Gasteiger partial charge >= 0.3 is 0 Å². The highest BCUT2D eigenvalue weighted by Gasteiger charge is 2.24. The van der Waals surface area contributed by atoms with E-state index in [0.717, 1.165) is 25.0 Å². The number of nitrogens with zero attached hydrogens (tertiary/aromatic N) is 4. The molecule has 1 unspecified atom stereocenters. The highest BCUT2D eigenvalue weighted by molar-refractivity contribution is 5.91. The van der Waals surface area contributed by atoms with Crippen molar-refractivity contribution in [3.63, 3.8) is 0 Å². The van der Waals surface area contributed by atoms with Crippen LogP contribution < -0.4 is 9.64 Å². The Kier molecular flexibility index (Phi) is 3.76. The molecule has 1 aromatic carbocycles. The van der Waals surface area contributed by atoms with Crippen molar-refractivity contribution in [2.45, 2.75) is 6.42 Å². The number of aromatic nitrogens is 3. The van der Waals surface area contributed by atoms with Crippen LogP contribution in [0, 0.1) is 5.92 Å². The van der Waals surface area contributed by atoms with Gasteiger partial charge in [0.2, 0.25) is 5.88 Å². The van der Waals surface area contributed by atoms with Gasteiger partial charge in [0, 0.05) is 48.7 Å². The number of anilines is 1. The minimum atomic E-state index is 0.504. The number of para-hydroxylation sites is 1. The molecule has 4 rings (SSSR count). The fourth-order valence-electron chi connectivity index (χ4n) is 3.11. The van der Waals surface area contributed by atoms with E-state index in [-0.39, 0.29) is 0 Å². The minimum Gasteiger partial charge on any atom is -0.476 e. The van der Waals surface area contributed by atoms with E-state index in [2.05, 4.69) is 44.1 Å². The first kappa shape index (κ1) is 13.9. The molecule has 2 aromatic heterocycles. The maximum atomic E-state index is 5.75. The van der Waals surface area contributed by atoms with Gasteiger partial charge in [0.05, 0.1) is 18.3 Å². The Labute approximate surface area is 135 Å². The number of pyridine rings is 1. The first-order valence-electron chi connectivity index (χ1n) is 7.87. The third-order valence-electron chi connectivity index (χ3n) is 4.26. The molecule has 0 bridgehead atoms. The SMILES string of the molecule is c1ccc2c(N3CCC(COc4cnccn4)C3)ccnc2c1. The molecule has 1 fully saturated rings. The van der Waals surface area contributed by atoms with Gasteiger partial charge in [0.1, 0.15) is 0 Å². The summed E-state index contributed by atoms with van der Waals surface area (Å²) < 4.78 is 5.75. The third kappa shape index (κ3) is 2.95. The molecule has 1 saturated heterocycles. The maximum Gasteiger partial charge on any atom is 0.232 e. The van der Waals surface area contributed by atoms with Crippen LogP contribution >= 0.6 is 0 Å². The van der Waals surface area contributed by atoms with E-state index in [9.17, 15) is 0 Å². The monoisotopic (exact) mass is 306 g/mol. The van der Waals surface area contributed by atoms with Gasteiger partial charge in [-0.15, -0.1) is 0 Å². The zero-order chi connectivity index (χ0) is 15.5. The van der Waals surface area contributed by atoms with Crippen LogP contribution in [0.4, 0.5) is 5.69 Å². The van der Waals surface area contributed by atoms with E-state index in [1.165, 1.54) is 11.1 Å². The third-order valence-corrected chi connectivity index (χ3v) is 4.26. The lowest BCUT2D eigenvalue weighted by atomic mass is 10.1. The van der Waals surface area contributed by atoms with Crippen LogP contribution in [0.1, 0.15) is 6.42 Å². The van der Waals surface area contributed by atoms with Gasteiger partial charge in [-0.25, -0.2) is 4.98 Å². The van der Waals surface area contributed by atoms with E-state index in [0.29, 0.717) is 18.4 Å². The summed E-state index contributed by atoms with van der Waals surface area (Å²) in [4.78, 5) is 15.0. The average Bonchev–Trinajstić information content (AvgIpc) is 3.09. The predicted octanol–water partition coefficient (Wildman–Crippen LogP) is 2.93. The summed E-state index contributed by atoms with van der Waals surface area (Å²) in [7, 11) is 0. The van der Waals surface area contributed by atoms with Gasteiger partial charge in [-0.3, -0.25) is 9.97 Å². The molecule has 0 spiro atoms. The van der Waals surface area contributed by atoms with Crippen LogP contribution in [0.2, 0.25) is 0 Å². The highest BCUT2D eigenvalue weighted by Crippen LogP contribution is 2.29. The van der Waals surface area contributed by atoms with Crippen molar-refractivity contribution >= 4 is 16.6 Å². The molecule has 1 aliphatic heterocycles. The molecule has 0 amide bonds. The van der Waals surface area contributed by atoms with Crippen LogP contribution in [-0.2, 0) is 0 Å². The summed E-state index contributed by atoms with van der Waals surface area (Å²) in [6, 6.07) is 10.4. The van der Waals surface area contributed by atoms with Crippen molar-refractivity contribution in [1.82, 2.24) is 15.0 Å². The number of ether oxygens (including phenoxy) is 1. The molecule has 116 valence electrons. The fourth-order valence-corrected chi connectivity index (χ4v) is 3.11. The molecule has 0 saturated carbocycles. The summed E-state index contributed by atoms with van der Waals surface area (Å²) in [6.45, 7) is 2.72. The minimum absolute atomic E-state index is 0.504. The van der Waals surface area contributed by atoms with Crippen molar-refractivity contribution in [1.29, 1.82) is 0 Å². The average molecular weight is 306 g/mol. The van der Waals surface area contributed by atoms with Crippen LogP contribution in [0.25, 0.3) is 10.9 Å². The lowest BCUT2D eigenvalue weighted by Crippen LogP contribution is -2.22. The molecule has 3 heterocycles. The quantitative estimate of drug-likeness (QED) is 0.742. The fraction of sp³-hybridized carbons (Fsp3) is 0.278. The highest BCUT2D eigenvalue weighted by atomic mass is 16.5. The van der Waals surface area contributed by atoms with Crippen LogP contribution in [0.3, 0.4) is 0 Å². The van der Waals surface area contributed by atoms with Gasteiger partial charge in [-0.1, -0.05) is 18.2 Å². The van der Waals surface area contributed by atoms with E-state index in [1.54, 1.807) is 18.6 Å². The summed E-state index contributed by atoms with van der Waals surface area (Å²) in [5.74, 6) is 1.10. The molecule has 23 heavy (non-hydrogen) atoms. The van der Waals surface area contributed by atoms with Gasteiger partial charge < -0.3 is 9.64 Å². The van der Waals surface area contributed by atoms with E-state index in [4.69, 9.17) is 4.74 Å².